The molecule has 1 aromatic heterocycles. The fraction of sp³-hybridized carbons (Fsp3) is 0.318. The number of aliphatic hydroxyl groups excluding tert-OH is 1. The van der Waals surface area contributed by atoms with Crippen molar-refractivity contribution in [1.29, 1.82) is 0 Å². The van der Waals surface area contributed by atoms with E-state index in [4.69, 9.17) is 33.7 Å². The molecule has 0 bridgehead atoms. The van der Waals surface area contributed by atoms with Crippen molar-refractivity contribution in [2.24, 2.45) is 5.73 Å². The van der Waals surface area contributed by atoms with E-state index in [0.717, 1.165) is 0 Å². The van der Waals surface area contributed by atoms with Gasteiger partial charge in [0.15, 0.2) is 11.9 Å². The van der Waals surface area contributed by atoms with E-state index < -0.39 is 43.0 Å². The van der Waals surface area contributed by atoms with Crippen LogP contribution in [0.25, 0.3) is 11.4 Å². The number of aromatic nitrogens is 3. The molecule has 0 radical (unpaired) electrons. The van der Waals surface area contributed by atoms with Crippen LogP contribution in [0.1, 0.15) is 11.6 Å². The van der Waals surface area contributed by atoms with Gasteiger partial charge < -0.3 is 20.9 Å². The van der Waals surface area contributed by atoms with Gasteiger partial charge in [0.25, 0.3) is 0 Å². The first-order chi connectivity index (χ1) is 17.0. The Kier molecular flexibility index (Phi) is 9.14. The summed E-state index contributed by atoms with van der Waals surface area (Å²) in [7, 11) is 0. The van der Waals surface area contributed by atoms with Crippen LogP contribution in [-0.2, 0) is 22.6 Å². The number of nitrogens with two attached hydrogens (primary N) is 1. The molecule has 9 nitrogen and oxygen atoms in total. The monoisotopic (exact) mass is 547 g/mol. The number of nitrogens with zero attached hydrogens (tertiary/aromatic N) is 3. The lowest BCUT2D eigenvalue weighted by Crippen LogP contribution is -2.39. The van der Waals surface area contributed by atoms with Crippen LogP contribution >= 0.6 is 23.2 Å². The molecular formula is C22H22Cl2F3N5O4. The lowest BCUT2D eigenvalue weighted by atomic mass is 10.1. The molecule has 4 N–H and O–H groups in total. The van der Waals surface area contributed by atoms with E-state index >= 15 is 0 Å². The second-order valence-corrected chi connectivity index (χ2v) is 8.46. The first kappa shape index (κ1) is 27.7. The summed E-state index contributed by atoms with van der Waals surface area (Å²) in [6.45, 7) is -1.89. The Balaban J connectivity index is 1.91. The Hall–Kier alpha value is -2.90. The summed E-state index contributed by atoms with van der Waals surface area (Å²) >= 11 is 12.1. The van der Waals surface area contributed by atoms with Gasteiger partial charge in [0.2, 0.25) is 5.91 Å². The van der Waals surface area contributed by atoms with Crippen molar-refractivity contribution < 1.29 is 27.8 Å². The molecule has 1 heterocycles. The highest BCUT2D eigenvalue weighted by Crippen LogP contribution is 2.25. The number of benzene rings is 2. The van der Waals surface area contributed by atoms with Gasteiger partial charge in [-0.25, -0.2) is 9.48 Å². The molecule has 14 heteroatoms. The SMILES string of the molecule is NCOCC(NC(=O)Cn1nc(-c2ccc(Cl)cc2)n(C[C@H](O)C(F)(F)F)c1=O)c1ccccc1Cl. The number of halogens is 5. The van der Waals surface area contributed by atoms with Crippen LogP contribution in [0.3, 0.4) is 0 Å². The number of hydrogen-bond acceptors (Lipinski definition) is 6. The average Bonchev–Trinajstić information content (AvgIpc) is 3.12. The number of amides is 1. The van der Waals surface area contributed by atoms with Crippen LogP contribution in [0, 0.1) is 0 Å². The Morgan fingerprint density at radius 3 is 2.44 bits per heavy atom. The topological polar surface area (TPSA) is 124 Å². The van der Waals surface area contributed by atoms with Gasteiger partial charge in [-0.1, -0.05) is 41.4 Å². The molecule has 1 amide bonds. The van der Waals surface area contributed by atoms with E-state index in [1.54, 1.807) is 24.3 Å². The maximum Gasteiger partial charge on any atom is 0.416 e. The third-order valence-corrected chi connectivity index (χ3v) is 5.67. The summed E-state index contributed by atoms with van der Waals surface area (Å²) < 4.78 is 45.6. The molecule has 2 aromatic carbocycles. The van der Waals surface area contributed by atoms with E-state index in [9.17, 15) is 27.9 Å². The second kappa shape index (κ2) is 11.9. The predicted octanol–water partition coefficient (Wildman–Crippen LogP) is 2.73. The number of hydrogen-bond donors (Lipinski definition) is 3. The van der Waals surface area contributed by atoms with Crippen molar-refractivity contribution in [3.63, 3.8) is 0 Å². The summed E-state index contributed by atoms with van der Waals surface area (Å²) in [5.74, 6) is -0.867. The molecule has 3 aromatic rings. The highest BCUT2D eigenvalue weighted by molar-refractivity contribution is 6.31. The number of carbonyl (C=O) groups excluding carboxylic acids is 1. The standard InChI is InChI=1S/C22H22Cl2F3N5O4/c23-14-7-5-13(6-8-14)20-30-32(21(35)31(20)9-18(33)22(25,26)27)10-19(34)29-17(11-36-12-28)15-3-1-2-4-16(15)24/h1-8,17-18,33H,9-12,28H2,(H,29,34)/t17?,18-/m0/s1. The van der Waals surface area contributed by atoms with Gasteiger partial charge in [-0.15, -0.1) is 5.10 Å². The van der Waals surface area contributed by atoms with Crippen molar-refractivity contribution >= 4 is 29.1 Å². The zero-order chi connectivity index (χ0) is 26.5. The molecular weight excluding hydrogens is 526 g/mol. The van der Waals surface area contributed by atoms with Gasteiger partial charge in [-0.2, -0.15) is 13.2 Å². The molecule has 0 saturated carbocycles. The number of alkyl halides is 3. The number of ether oxygens (including phenoxy) is 1. The molecule has 0 aliphatic carbocycles. The van der Waals surface area contributed by atoms with Crippen LogP contribution in [0.4, 0.5) is 13.2 Å². The van der Waals surface area contributed by atoms with E-state index in [0.29, 0.717) is 24.9 Å². The third kappa shape index (κ3) is 6.86. The summed E-state index contributed by atoms with van der Waals surface area (Å²) in [6.07, 6.45) is -7.80. The number of rotatable bonds is 10. The highest BCUT2D eigenvalue weighted by Gasteiger charge is 2.39. The van der Waals surface area contributed by atoms with E-state index in [1.807, 2.05) is 0 Å². The van der Waals surface area contributed by atoms with E-state index in [-0.39, 0.29) is 24.7 Å². The summed E-state index contributed by atoms with van der Waals surface area (Å²) in [4.78, 5) is 25.7. The summed E-state index contributed by atoms with van der Waals surface area (Å²) in [5, 5.41) is 17.0. The van der Waals surface area contributed by atoms with Gasteiger partial charge in [0, 0.05) is 15.6 Å². The van der Waals surface area contributed by atoms with Gasteiger partial charge >= 0.3 is 11.9 Å². The van der Waals surface area contributed by atoms with Crippen molar-refractivity contribution in [3.05, 3.63) is 74.6 Å². The molecule has 194 valence electrons. The van der Waals surface area contributed by atoms with Crippen LogP contribution in [0.2, 0.25) is 10.0 Å². The lowest BCUT2D eigenvalue weighted by Gasteiger charge is -2.20. The van der Waals surface area contributed by atoms with Gasteiger partial charge in [-0.3, -0.25) is 9.36 Å². The lowest BCUT2D eigenvalue weighted by molar-refractivity contribution is -0.207. The van der Waals surface area contributed by atoms with Gasteiger partial charge in [-0.05, 0) is 35.9 Å². The Bertz CT molecular complexity index is 1250. The number of nitrogens with one attached hydrogen (secondary N) is 1. The maximum atomic E-state index is 13.0. The van der Waals surface area contributed by atoms with Gasteiger partial charge in [0.1, 0.15) is 6.54 Å². The average molecular weight is 548 g/mol. The molecule has 0 fully saturated rings. The third-order valence-electron chi connectivity index (χ3n) is 5.07. The minimum atomic E-state index is -4.97. The zero-order valence-electron chi connectivity index (χ0n) is 18.6. The van der Waals surface area contributed by atoms with Crippen LogP contribution in [0.15, 0.2) is 53.3 Å². The Morgan fingerprint density at radius 1 is 1.17 bits per heavy atom. The normalized spacial score (nSPS) is 13.4. The molecule has 2 atom stereocenters. The minimum Gasteiger partial charge on any atom is -0.382 e. The number of carbonyl (C=O) groups is 1. The van der Waals surface area contributed by atoms with E-state index in [2.05, 4.69) is 10.4 Å². The highest BCUT2D eigenvalue weighted by atomic mass is 35.5. The van der Waals surface area contributed by atoms with Gasteiger partial charge in [0.05, 0.1) is 25.9 Å². The van der Waals surface area contributed by atoms with E-state index in [1.165, 1.54) is 24.3 Å². The Morgan fingerprint density at radius 2 is 1.83 bits per heavy atom. The number of aliphatic hydroxyl groups is 1. The molecule has 3 rings (SSSR count). The minimum absolute atomic E-state index is 0.0247. The van der Waals surface area contributed by atoms with Crippen LogP contribution < -0.4 is 16.7 Å². The molecule has 0 aliphatic rings. The van der Waals surface area contributed by atoms with Crippen molar-refractivity contribution in [2.45, 2.75) is 31.4 Å². The predicted molar refractivity (Wildman–Crippen MR) is 126 cm³/mol. The molecule has 0 spiro atoms. The molecule has 0 aliphatic heterocycles. The molecule has 0 saturated heterocycles. The summed E-state index contributed by atoms with van der Waals surface area (Å²) in [5.41, 5.74) is 5.16. The summed E-state index contributed by atoms with van der Waals surface area (Å²) in [6, 6.07) is 11.8. The largest absolute Gasteiger partial charge is 0.416 e. The van der Waals surface area contributed by atoms with Crippen molar-refractivity contribution in [2.75, 3.05) is 13.3 Å². The smallest absolute Gasteiger partial charge is 0.382 e. The van der Waals surface area contributed by atoms with Crippen LogP contribution in [-0.4, -0.2) is 51.0 Å². The molecule has 36 heavy (non-hydrogen) atoms. The maximum absolute atomic E-state index is 13.0. The first-order valence-electron chi connectivity index (χ1n) is 10.5. The quantitative estimate of drug-likeness (QED) is 0.335. The Labute approximate surface area is 213 Å². The zero-order valence-corrected chi connectivity index (χ0v) is 20.1. The van der Waals surface area contributed by atoms with Crippen molar-refractivity contribution in [3.8, 4) is 11.4 Å². The van der Waals surface area contributed by atoms with Crippen LogP contribution in [0.5, 0.6) is 0 Å². The second-order valence-electron chi connectivity index (χ2n) is 7.62. The van der Waals surface area contributed by atoms with Crippen molar-refractivity contribution in [1.82, 2.24) is 19.7 Å². The fourth-order valence-electron chi connectivity index (χ4n) is 3.33. The first-order valence-corrected chi connectivity index (χ1v) is 11.3. The fourth-order valence-corrected chi connectivity index (χ4v) is 3.72. The molecule has 1 unspecified atom stereocenters.